The van der Waals surface area contributed by atoms with Crippen LogP contribution in [0, 0.1) is 0 Å². The van der Waals surface area contributed by atoms with E-state index in [1.54, 1.807) is 0 Å². The number of fused-ring (bicyclic) bond motifs is 7. The quantitative estimate of drug-likeness (QED) is 0.175. The molecule has 242 valence electrons. The van der Waals surface area contributed by atoms with Crippen molar-refractivity contribution in [2.75, 3.05) is 0 Å². The molecule has 0 unspecified atom stereocenters. The fourth-order valence-electron chi connectivity index (χ4n) is 8.65. The monoisotopic (exact) mass is 662 g/mol. The maximum Gasteiger partial charge on any atom is 0.260 e. The molecule has 0 amide bonds. The zero-order chi connectivity index (χ0) is 34.2. The second-order valence-corrected chi connectivity index (χ2v) is 14.0. The van der Waals surface area contributed by atoms with Gasteiger partial charge < -0.3 is 9.47 Å². The summed E-state index contributed by atoms with van der Waals surface area (Å²) in [6, 6.07) is 63.2. The highest BCUT2D eigenvalue weighted by Crippen LogP contribution is 2.47. The minimum atomic E-state index is 0.0711. The summed E-state index contributed by atoms with van der Waals surface area (Å²) in [5, 5.41) is 0. The van der Waals surface area contributed by atoms with Crippen LogP contribution in [0.4, 0.5) is 0 Å². The number of rotatable bonds is 4. The van der Waals surface area contributed by atoms with Gasteiger partial charge in [-0.1, -0.05) is 140 Å². The van der Waals surface area contributed by atoms with Crippen LogP contribution in [0.3, 0.4) is 0 Å². The summed E-state index contributed by atoms with van der Waals surface area (Å²) in [6.45, 7) is 0.0711. The van der Waals surface area contributed by atoms with E-state index in [2.05, 4.69) is 164 Å². The third-order valence-corrected chi connectivity index (χ3v) is 11.1. The minimum absolute atomic E-state index is 0.0711. The molecule has 8 aromatic rings. The van der Waals surface area contributed by atoms with Crippen molar-refractivity contribution in [1.29, 1.82) is 0 Å². The van der Waals surface area contributed by atoms with Crippen LogP contribution >= 0.6 is 0 Å². The van der Waals surface area contributed by atoms with Crippen molar-refractivity contribution in [2.24, 2.45) is 0 Å². The normalized spacial score (nSPS) is 12.8. The first-order valence-electron chi connectivity index (χ1n) is 18.0. The molecule has 11 rings (SSSR count). The van der Waals surface area contributed by atoms with Crippen LogP contribution in [0.5, 0.6) is 23.0 Å². The summed E-state index contributed by atoms with van der Waals surface area (Å²) in [5.74, 6) is 3.52. The molecule has 0 saturated heterocycles. The van der Waals surface area contributed by atoms with E-state index < -0.39 is 0 Å². The molecule has 2 heterocycles. The summed E-state index contributed by atoms with van der Waals surface area (Å²) in [5.41, 5.74) is 18.6. The highest BCUT2D eigenvalue weighted by Gasteiger charge is 2.40. The van der Waals surface area contributed by atoms with E-state index in [0.717, 1.165) is 46.0 Å². The number of hydrogen-bond donors (Lipinski definition) is 0. The van der Waals surface area contributed by atoms with Crippen molar-refractivity contribution < 1.29 is 9.47 Å². The third-order valence-electron chi connectivity index (χ3n) is 11.1. The van der Waals surface area contributed by atoms with Crippen molar-refractivity contribution >= 4 is 23.1 Å². The zero-order valence-corrected chi connectivity index (χ0v) is 28.3. The van der Waals surface area contributed by atoms with Gasteiger partial charge in [0.15, 0.2) is 0 Å². The summed E-state index contributed by atoms with van der Waals surface area (Å²) < 4.78 is 13.2. The maximum atomic E-state index is 6.59. The van der Waals surface area contributed by atoms with Gasteiger partial charge in [0.1, 0.15) is 23.0 Å². The molecule has 52 heavy (non-hydrogen) atoms. The van der Waals surface area contributed by atoms with E-state index in [9.17, 15) is 0 Å². The molecule has 0 N–H and O–H groups in total. The van der Waals surface area contributed by atoms with Crippen LogP contribution in [0.25, 0.3) is 55.6 Å². The molecule has 0 atom stereocenters. The van der Waals surface area contributed by atoms with Gasteiger partial charge in [-0.2, -0.15) is 0 Å². The number of para-hydroxylation sites is 2. The standard InChI is InChI=1S/C49H31BO2/c1-3-12-31(13-4-1)35-26-39(42-30-41-37(33-14-5-2-6-15-33)16-11-17-38(41)40(42)27-35)34-24-22-32(23-25-34)36-28-47-49-48(29-36)52-46-21-10-8-19-44(46)50(49)43-18-7-9-20-45(43)51-47/h1-29H,30H2. The fourth-order valence-corrected chi connectivity index (χ4v) is 8.65. The Kier molecular flexibility index (Phi) is 6.44. The van der Waals surface area contributed by atoms with Gasteiger partial charge in [0.05, 0.1) is 0 Å². The Hall–Kier alpha value is -6.58. The molecule has 3 heteroatoms. The van der Waals surface area contributed by atoms with Crippen molar-refractivity contribution in [3.05, 3.63) is 187 Å². The van der Waals surface area contributed by atoms with Crippen molar-refractivity contribution in [2.45, 2.75) is 6.42 Å². The molecule has 8 aromatic carbocycles. The van der Waals surface area contributed by atoms with Gasteiger partial charge in [0.25, 0.3) is 6.71 Å². The Morgan fingerprint density at radius 3 is 1.48 bits per heavy atom. The van der Waals surface area contributed by atoms with E-state index >= 15 is 0 Å². The van der Waals surface area contributed by atoms with Crippen LogP contribution in [0.15, 0.2) is 176 Å². The predicted molar refractivity (Wildman–Crippen MR) is 214 cm³/mol. The lowest BCUT2D eigenvalue weighted by Crippen LogP contribution is -2.57. The van der Waals surface area contributed by atoms with E-state index in [0.29, 0.717) is 0 Å². The summed E-state index contributed by atoms with van der Waals surface area (Å²) in [6.07, 6.45) is 0.898. The Morgan fingerprint density at radius 2 is 0.808 bits per heavy atom. The lowest BCUT2D eigenvalue weighted by atomic mass is 9.35. The number of benzene rings is 8. The Balaban J connectivity index is 1.02. The predicted octanol–water partition coefficient (Wildman–Crippen LogP) is 10.7. The highest BCUT2D eigenvalue weighted by atomic mass is 16.5. The molecule has 0 fully saturated rings. The molecule has 0 spiro atoms. The van der Waals surface area contributed by atoms with Gasteiger partial charge in [0.2, 0.25) is 0 Å². The average molecular weight is 663 g/mol. The van der Waals surface area contributed by atoms with E-state index in [-0.39, 0.29) is 6.71 Å². The molecule has 2 aliphatic heterocycles. The van der Waals surface area contributed by atoms with Crippen molar-refractivity contribution in [1.82, 2.24) is 0 Å². The van der Waals surface area contributed by atoms with Crippen molar-refractivity contribution in [3.8, 4) is 78.6 Å². The summed E-state index contributed by atoms with van der Waals surface area (Å²) in [7, 11) is 0. The van der Waals surface area contributed by atoms with Gasteiger partial charge in [-0.15, -0.1) is 0 Å². The van der Waals surface area contributed by atoms with Gasteiger partial charge in [0, 0.05) is 5.46 Å². The summed E-state index contributed by atoms with van der Waals surface area (Å²) in [4.78, 5) is 0. The third kappa shape index (κ3) is 4.53. The van der Waals surface area contributed by atoms with E-state index in [1.807, 2.05) is 12.1 Å². The first-order chi connectivity index (χ1) is 25.8. The molecule has 1 aliphatic carbocycles. The lowest BCUT2D eigenvalue weighted by Gasteiger charge is -2.33. The highest BCUT2D eigenvalue weighted by molar-refractivity contribution is 6.98. The first-order valence-corrected chi connectivity index (χ1v) is 18.0. The smallest absolute Gasteiger partial charge is 0.260 e. The Morgan fingerprint density at radius 1 is 0.327 bits per heavy atom. The number of ether oxygens (including phenoxy) is 2. The summed E-state index contributed by atoms with van der Waals surface area (Å²) >= 11 is 0. The molecular formula is C49H31BO2. The SMILES string of the molecule is c1ccc(-c2cc(-c3ccc(-c4cc5c6c(c4)Oc4ccccc4B6c4ccccc4O5)cc3)c3c(c2)-c2cccc(-c4ccccc4)c2C3)cc1. The van der Waals surface area contributed by atoms with E-state index in [1.165, 1.54) is 66.6 Å². The second kappa shape index (κ2) is 11.5. The molecular weight excluding hydrogens is 631 g/mol. The topological polar surface area (TPSA) is 18.5 Å². The Bertz CT molecular complexity index is 2630. The van der Waals surface area contributed by atoms with Gasteiger partial charge in [-0.05, 0) is 121 Å². The number of hydrogen-bond acceptors (Lipinski definition) is 2. The van der Waals surface area contributed by atoms with Crippen LogP contribution in [-0.2, 0) is 6.42 Å². The van der Waals surface area contributed by atoms with Crippen LogP contribution < -0.4 is 25.9 Å². The van der Waals surface area contributed by atoms with Crippen LogP contribution in [0.1, 0.15) is 11.1 Å². The van der Waals surface area contributed by atoms with E-state index in [4.69, 9.17) is 9.47 Å². The average Bonchev–Trinajstić information content (AvgIpc) is 3.60. The molecule has 2 nitrogen and oxygen atoms in total. The largest absolute Gasteiger partial charge is 0.458 e. The van der Waals surface area contributed by atoms with Crippen LogP contribution in [-0.4, -0.2) is 6.71 Å². The second-order valence-electron chi connectivity index (χ2n) is 14.0. The maximum absolute atomic E-state index is 6.59. The Labute approximate surface area is 303 Å². The zero-order valence-electron chi connectivity index (χ0n) is 28.3. The van der Waals surface area contributed by atoms with Gasteiger partial charge >= 0.3 is 0 Å². The minimum Gasteiger partial charge on any atom is -0.458 e. The molecule has 0 aromatic heterocycles. The molecule has 0 saturated carbocycles. The van der Waals surface area contributed by atoms with Crippen LogP contribution in [0.2, 0.25) is 0 Å². The first kappa shape index (κ1) is 29.2. The van der Waals surface area contributed by atoms with Gasteiger partial charge in [-0.25, -0.2) is 0 Å². The molecule has 0 radical (unpaired) electrons. The lowest BCUT2D eigenvalue weighted by molar-refractivity contribution is 0.465. The molecule has 0 bridgehead atoms. The van der Waals surface area contributed by atoms with Gasteiger partial charge in [-0.3, -0.25) is 0 Å². The fraction of sp³-hybridized carbons (Fsp3) is 0.0204. The molecule has 3 aliphatic rings. The van der Waals surface area contributed by atoms with Crippen molar-refractivity contribution in [3.63, 3.8) is 0 Å².